The zero-order valence-corrected chi connectivity index (χ0v) is 8.69. The molecule has 0 radical (unpaired) electrons. The van der Waals surface area contributed by atoms with Crippen molar-refractivity contribution in [2.75, 3.05) is 13.2 Å². The normalized spacial score (nSPS) is 21.1. The molecule has 1 aliphatic rings. The molecule has 1 heterocycles. The smallest absolute Gasteiger partial charge is 0.236 e. The van der Waals surface area contributed by atoms with Crippen LogP contribution >= 0.6 is 0 Å². The molecule has 4 nitrogen and oxygen atoms in total. The number of aliphatic hydroxyl groups is 1. The van der Waals surface area contributed by atoms with Gasteiger partial charge in [-0.25, -0.2) is 9.40 Å². The Bertz CT molecular complexity index is 380. The summed E-state index contributed by atoms with van der Waals surface area (Å²) in [6.45, 7) is 0.339. The van der Waals surface area contributed by atoms with Gasteiger partial charge in [0, 0.05) is 13.0 Å². The lowest BCUT2D eigenvalue weighted by Gasteiger charge is -2.22. The Hall–Kier alpha value is -1.46. The van der Waals surface area contributed by atoms with Gasteiger partial charge < -0.3 is 5.11 Å². The lowest BCUT2D eigenvalue weighted by atomic mass is 10.0. The first-order valence-electron chi connectivity index (χ1n) is 5.13. The van der Waals surface area contributed by atoms with Gasteiger partial charge in [0.15, 0.2) is 0 Å². The summed E-state index contributed by atoms with van der Waals surface area (Å²) in [6.07, 6.45) is 0.339. The minimum absolute atomic E-state index is 0.0298. The predicted molar refractivity (Wildman–Crippen MR) is 55.7 cm³/mol. The molecule has 1 saturated heterocycles. The molecule has 0 spiro atoms. The molecule has 0 aliphatic carbocycles. The highest BCUT2D eigenvalue weighted by Crippen LogP contribution is 2.26. The minimum Gasteiger partial charge on any atom is -0.395 e. The van der Waals surface area contributed by atoms with E-state index in [1.165, 1.54) is 12.1 Å². The molecule has 86 valence electrons. The van der Waals surface area contributed by atoms with Crippen LogP contribution in [0.4, 0.5) is 4.39 Å². The van der Waals surface area contributed by atoms with Crippen LogP contribution in [0.15, 0.2) is 24.3 Å². The van der Waals surface area contributed by atoms with E-state index in [0.717, 1.165) is 5.56 Å². The van der Waals surface area contributed by atoms with Gasteiger partial charge in [-0.3, -0.25) is 10.2 Å². The fourth-order valence-electron chi connectivity index (χ4n) is 1.87. The van der Waals surface area contributed by atoms with Crippen molar-refractivity contribution in [3.8, 4) is 0 Å². The van der Waals surface area contributed by atoms with Crippen molar-refractivity contribution in [3.63, 3.8) is 0 Å². The molecule has 1 atom stereocenters. The van der Waals surface area contributed by atoms with E-state index in [-0.39, 0.29) is 24.4 Å². The van der Waals surface area contributed by atoms with Crippen LogP contribution in [0.5, 0.6) is 0 Å². The van der Waals surface area contributed by atoms with Gasteiger partial charge in [-0.15, -0.1) is 0 Å². The zero-order chi connectivity index (χ0) is 11.5. The standard InChI is InChI=1S/C11H13FN2O2/c12-9-3-1-8(2-4-9)10-7-11(16)13-14(10)5-6-15/h1-4,10,15H,5-7H2,(H,13,16). The van der Waals surface area contributed by atoms with E-state index < -0.39 is 0 Å². The Morgan fingerprint density at radius 3 is 2.75 bits per heavy atom. The summed E-state index contributed by atoms with van der Waals surface area (Å²) in [5.74, 6) is -0.377. The molecule has 1 fully saturated rings. The Kier molecular flexibility index (Phi) is 3.17. The summed E-state index contributed by atoms with van der Waals surface area (Å²) in [7, 11) is 0. The molecule has 1 unspecified atom stereocenters. The molecule has 2 rings (SSSR count). The second-order valence-electron chi connectivity index (χ2n) is 3.72. The lowest BCUT2D eigenvalue weighted by Crippen LogP contribution is -2.36. The van der Waals surface area contributed by atoms with E-state index in [2.05, 4.69) is 5.43 Å². The highest BCUT2D eigenvalue weighted by molar-refractivity contribution is 5.78. The summed E-state index contributed by atoms with van der Waals surface area (Å²) in [6, 6.07) is 5.93. The van der Waals surface area contributed by atoms with E-state index >= 15 is 0 Å². The van der Waals surface area contributed by atoms with Gasteiger partial charge >= 0.3 is 0 Å². The van der Waals surface area contributed by atoms with Gasteiger partial charge in [-0.2, -0.15) is 0 Å². The maximum atomic E-state index is 12.8. The lowest BCUT2D eigenvalue weighted by molar-refractivity contribution is -0.121. The van der Waals surface area contributed by atoms with Crippen LogP contribution < -0.4 is 5.43 Å². The highest BCUT2D eigenvalue weighted by atomic mass is 19.1. The number of hydrogen-bond donors (Lipinski definition) is 2. The molecule has 0 aromatic heterocycles. The summed E-state index contributed by atoms with van der Waals surface area (Å²) in [5.41, 5.74) is 3.53. The maximum absolute atomic E-state index is 12.8. The summed E-state index contributed by atoms with van der Waals surface area (Å²) in [4.78, 5) is 11.3. The Balaban J connectivity index is 2.18. The number of carbonyl (C=O) groups is 1. The number of nitrogens with zero attached hydrogens (tertiary/aromatic N) is 1. The first-order valence-corrected chi connectivity index (χ1v) is 5.13. The van der Waals surface area contributed by atoms with Crippen LogP contribution in [0.3, 0.4) is 0 Å². The SMILES string of the molecule is O=C1CC(c2ccc(F)cc2)N(CCO)N1. The number of hydrazine groups is 1. The first kappa shape index (κ1) is 11.0. The largest absolute Gasteiger partial charge is 0.395 e. The molecule has 1 aromatic rings. The molecule has 1 aromatic carbocycles. The maximum Gasteiger partial charge on any atom is 0.236 e. The highest BCUT2D eigenvalue weighted by Gasteiger charge is 2.30. The number of benzene rings is 1. The Morgan fingerprint density at radius 1 is 1.44 bits per heavy atom. The second-order valence-corrected chi connectivity index (χ2v) is 3.72. The van der Waals surface area contributed by atoms with Gasteiger partial charge in [0.2, 0.25) is 5.91 Å². The zero-order valence-electron chi connectivity index (χ0n) is 8.69. The van der Waals surface area contributed by atoms with E-state index in [1.54, 1.807) is 17.1 Å². The fourth-order valence-corrected chi connectivity index (χ4v) is 1.87. The van der Waals surface area contributed by atoms with Crippen LogP contribution in [0.1, 0.15) is 18.0 Å². The van der Waals surface area contributed by atoms with Gasteiger partial charge in [-0.1, -0.05) is 12.1 Å². The third kappa shape index (κ3) is 2.20. The summed E-state index contributed by atoms with van der Waals surface area (Å²) < 4.78 is 12.8. The molecular formula is C11H13FN2O2. The number of amides is 1. The number of hydrogen-bond acceptors (Lipinski definition) is 3. The average molecular weight is 224 g/mol. The van der Waals surface area contributed by atoms with Crippen molar-refractivity contribution in [3.05, 3.63) is 35.6 Å². The number of halogens is 1. The quantitative estimate of drug-likeness (QED) is 0.790. The van der Waals surface area contributed by atoms with Crippen molar-refractivity contribution in [1.29, 1.82) is 0 Å². The van der Waals surface area contributed by atoms with Crippen LogP contribution in [-0.4, -0.2) is 29.2 Å². The predicted octanol–water partition coefficient (Wildman–Crippen LogP) is 0.596. The molecule has 16 heavy (non-hydrogen) atoms. The fraction of sp³-hybridized carbons (Fsp3) is 0.364. The van der Waals surface area contributed by atoms with Crippen molar-refractivity contribution in [2.45, 2.75) is 12.5 Å². The molecule has 2 N–H and O–H groups in total. The van der Waals surface area contributed by atoms with E-state index in [4.69, 9.17) is 5.11 Å². The third-order valence-corrected chi connectivity index (χ3v) is 2.62. The second kappa shape index (κ2) is 4.59. The van der Waals surface area contributed by atoms with Crippen molar-refractivity contribution in [2.24, 2.45) is 0 Å². The summed E-state index contributed by atoms with van der Waals surface area (Å²) >= 11 is 0. The third-order valence-electron chi connectivity index (χ3n) is 2.62. The minimum atomic E-state index is -0.297. The Labute approximate surface area is 92.7 Å². The number of carbonyl (C=O) groups excluding carboxylic acids is 1. The van der Waals surface area contributed by atoms with Crippen molar-refractivity contribution >= 4 is 5.91 Å². The number of rotatable bonds is 3. The number of nitrogens with one attached hydrogen (secondary N) is 1. The van der Waals surface area contributed by atoms with Gasteiger partial charge in [0.25, 0.3) is 0 Å². The number of β-amino-alcohol motifs (C(OH)–C–C–N with tert-alkyl or cyclic N) is 1. The monoisotopic (exact) mass is 224 g/mol. The van der Waals surface area contributed by atoms with Crippen LogP contribution in [0.2, 0.25) is 0 Å². The topological polar surface area (TPSA) is 52.6 Å². The van der Waals surface area contributed by atoms with E-state index in [0.29, 0.717) is 13.0 Å². The molecule has 1 aliphatic heterocycles. The first-order chi connectivity index (χ1) is 7.70. The number of aliphatic hydroxyl groups excluding tert-OH is 1. The van der Waals surface area contributed by atoms with Crippen molar-refractivity contribution in [1.82, 2.24) is 10.4 Å². The average Bonchev–Trinajstić information content (AvgIpc) is 2.61. The van der Waals surface area contributed by atoms with Gasteiger partial charge in [0.05, 0.1) is 12.6 Å². The molecule has 1 amide bonds. The molecule has 0 saturated carbocycles. The summed E-state index contributed by atoms with van der Waals surface area (Å²) in [5, 5.41) is 10.5. The van der Waals surface area contributed by atoms with Crippen molar-refractivity contribution < 1.29 is 14.3 Å². The van der Waals surface area contributed by atoms with Gasteiger partial charge in [0.1, 0.15) is 5.82 Å². The van der Waals surface area contributed by atoms with Crippen LogP contribution in [0, 0.1) is 5.82 Å². The molecule has 5 heteroatoms. The van der Waals surface area contributed by atoms with Gasteiger partial charge in [-0.05, 0) is 17.7 Å². The van der Waals surface area contributed by atoms with E-state index in [1.807, 2.05) is 0 Å². The molecular weight excluding hydrogens is 211 g/mol. The molecule has 0 bridgehead atoms. The Morgan fingerprint density at radius 2 is 2.12 bits per heavy atom. The van der Waals surface area contributed by atoms with E-state index in [9.17, 15) is 9.18 Å². The van der Waals surface area contributed by atoms with Crippen LogP contribution in [0.25, 0.3) is 0 Å². The van der Waals surface area contributed by atoms with Crippen LogP contribution in [-0.2, 0) is 4.79 Å².